The fourth-order valence-corrected chi connectivity index (χ4v) is 3.31. The molecule has 7 nitrogen and oxygen atoms in total. The summed E-state index contributed by atoms with van der Waals surface area (Å²) >= 11 is 5.53. The number of carboxylic acid groups (broad SMARTS) is 1. The van der Waals surface area contributed by atoms with E-state index in [1.54, 1.807) is 13.8 Å². The van der Waals surface area contributed by atoms with Gasteiger partial charge in [0.05, 0.1) is 24.4 Å². The monoisotopic (exact) mass is 321 g/mol. The van der Waals surface area contributed by atoms with E-state index in [9.17, 15) is 13.2 Å². The minimum absolute atomic E-state index is 0.0424. The summed E-state index contributed by atoms with van der Waals surface area (Å²) in [5.74, 6) is -0.974. The van der Waals surface area contributed by atoms with Crippen LogP contribution in [0.2, 0.25) is 0 Å². The normalized spacial score (nSPS) is 11.6. The third-order valence-electron chi connectivity index (χ3n) is 2.58. The quantitative estimate of drug-likeness (QED) is 0.780. The number of nitrogens with zero attached hydrogens (tertiary/aromatic N) is 2. The molecule has 0 radical (unpaired) electrons. The molecular weight excluding hydrogens is 306 g/mol. The lowest BCUT2D eigenvalue weighted by molar-refractivity contribution is -0.137. The Kier molecular flexibility index (Phi) is 5.32. The number of aliphatic carboxylic acids is 1. The highest BCUT2D eigenvalue weighted by Gasteiger charge is 2.24. The maximum absolute atomic E-state index is 12.1. The number of carboxylic acids is 1. The summed E-state index contributed by atoms with van der Waals surface area (Å²) in [6.07, 6.45) is -0.132. The zero-order valence-electron chi connectivity index (χ0n) is 11.2. The second-order valence-corrected chi connectivity index (χ2v) is 6.45. The molecule has 0 aromatic carbocycles. The Labute approximate surface area is 122 Å². The third-order valence-corrected chi connectivity index (χ3v) is 4.36. The van der Waals surface area contributed by atoms with Crippen LogP contribution in [0.5, 0.6) is 0 Å². The van der Waals surface area contributed by atoms with Gasteiger partial charge in [0.1, 0.15) is 4.90 Å². The van der Waals surface area contributed by atoms with E-state index < -0.39 is 16.0 Å². The van der Waals surface area contributed by atoms with Gasteiger partial charge in [-0.2, -0.15) is 5.10 Å². The maximum atomic E-state index is 12.1. The fraction of sp³-hybridized carbons (Fsp3) is 0.455. The van der Waals surface area contributed by atoms with Gasteiger partial charge in [0.25, 0.3) is 0 Å². The Hall–Kier alpha value is -1.38. The number of halogens is 1. The molecule has 112 valence electrons. The smallest absolute Gasteiger partial charge is 0.305 e. The summed E-state index contributed by atoms with van der Waals surface area (Å²) < 4.78 is 28.0. The average molecular weight is 322 g/mol. The molecular formula is C11H16ClN3O4S. The lowest BCUT2D eigenvalue weighted by Crippen LogP contribution is -2.26. The van der Waals surface area contributed by atoms with Crippen LogP contribution < -0.4 is 4.72 Å². The van der Waals surface area contributed by atoms with Gasteiger partial charge in [0, 0.05) is 11.6 Å². The molecule has 1 heterocycles. The Morgan fingerprint density at radius 2 is 2.10 bits per heavy atom. The van der Waals surface area contributed by atoms with E-state index in [4.69, 9.17) is 16.7 Å². The lowest BCUT2D eigenvalue weighted by Gasteiger charge is -2.07. The summed E-state index contributed by atoms with van der Waals surface area (Å²) in [6, 6.07) is 0. The minimum Gasteiger partial charge on any atom is -0.481 e. The van der Waals surface area contributed by atoms with Gasteiger partial charge in [-0.25, -0.2) is 13.1 Å². The number of sulfonamides is 1. The van der Waals surface area contributed by atoms with Crippen molar-refractivity contribution >= 4 is 27.6 Å². The molecule has 2 N–H and O–H groups in total. The van der Waals surface area contributed by atoms with Crippen molar-refractivity contribution in [3.8, 4) is 0 Å². The van der Waals surface area contributed by atoms with Crippen molar-refractivity contribution in [3.63, 3.8) is 0 Å². The van der Waals surface area contributed by atoms with Crippen LogP contribution in [0, 0.1) is 13.8 Å². The van der Waals surface area contributed by atoms with E-state index in [1.807, 2.05) is 0 Å². The molecule has 9 heteroatoms. The summed E-state index contributed by atoms with van der Waals surface area (Å²) in [6.45, 7) is 6.56. The first kappa shape index (κ1) is 16.7. The molecule has 0 saturated carbocycles. The van der Waals surface area contributed by atoms with Gasteiger partial charge in [-0.15, -0.1) is 0 Å². The van der Waals surface area contributed by atoms with Crippen LogP contribution in [0.1, 0.15) is 17.8 Å². The van der Waals surface area contributed by atoms with Crippen LogP contribution in [0.4, 0.5) is 0 Å². The largest absolute Gasteiger partial charge is 0.481 e. The molecule has 20 heavy (non-hydrogen) atoms. The van der Waals surface area contributed by atoms with Gasteiger partial charge in [0.15, 0.2) is 0 Å². The van der Waals surface area contributed by atoms with Crippen LogP contribution in [0.15, 0.2) is 16.5 Å². The Morgan fingerprint density at radius 1 is 1.50 bits per heavy atom. The zero-order valence-corrected chi connectivity index (χ0v) is 12.8. The topological polar surface area (TPSA) is 101 Å². The van der Waals surface area contributed by atoms with Crippen molar-refractivity contribution in [2.45, 2.75) is 31.7 Å². The van der Waals surface area contributed by atoms with Crippen LogP contribution in [-0.4, -0.2) is 35.8 Å². The van der Waals surface area contributed by atoms with E-state index in [0.29, 0.717) is 11.4 Å². The number of carbonyl (C=O) groups is 1. The van der Waals surface area contributed by atoms with Crippen molar-refractivity contribution in [1.29, 1.82) is 0 Å². The molecule has 1 aromatic rings. The number of aromatic nitrogens is 2. The van der Waals surface area contributed by atoms with Crippen molar-refractivity contribution in [2.24, 2.45) is 0 Å². The van der Waals surface area contributed by atoms with Gasteiger partial charge in [-0.05, 0) is 13.8 Å². The molecule has 0 aliphatic heterocycles. The molecule has 0 bridgehead atoms. The Balaban J connectivity index is 3.06. The third kappa shape index (κ3) is 4.06. The second-order valence-electron chi connectivity index (χ2n) is 4.21. The van der Waals surface area contributed by atoms with Gasteiger partial charge < -0.3 is 5.11 Å². The Morgan fingerprint density at radius 3 is 2.60 bits per heavy atom. The van der Waals surface area contributed by atoms with Gasteiger partial charge in [-0.3, -0.25) is 9.48 Å². The molecule has 0 aliphatic rings. The van der Waals surface area contributed by atoms with Crippen LogP contribution in [-0.2, 0) is 21.4 Å². The van der Waals surface area contributed by atoms with Crippen molar-refractivity contribution in [3.05, 3.63) is 23.0 Å². The molecule has 1 aromatic heterocycles. The highest BCUT2D eigenvalue weighted by molar-refractivity contribution is 7.89. The van der Waals surface area contributed by atoms with E-state index in [1.165, 1.54) is 4.68 Å². The molecule has 1 rings (SSSR count). The molecule has 0 spiro atoms. The summed E-state index contributed by atoms with van der Waals surface area (Å²) in [5.41, 5.74) is 0.692. The number of hydrogen-bond acceptors (Lipinski definition) is 4. The molecule has 0 fully saturated rings. The molecule has 0 saturated heterocycles. The van der Waals surface area contributed by atoms with E-state index in [0.717, 1.165) is 0 Å². The number of nitrogens with one attached hydrogen (secondary N) is 1. The molecule has 0 aliphatic carbocycles. The van der Waals surface area contributed by atoms with Crippen LogP contribution >= 0.6 is 11.6 Å². The van der Waals surface area contributed by atoms with Gasteiger partial charge in [0.2, 0.25) is 10.0 Å². The zero-order chi connectivity index (χ0) is 15.5. The maximum Gasteiger partial charge on any atom is 0.305 e. The standard InChI is InChI=1S/C11H16ClN3O4S/c1-7(12)6-13-20(18,19)11-8(2)14-15(9(11)3)5-4-10(16)17/h13H,1,4-6H2,2-3H3,(H,16,17). The number of aryl methyl sites for hydroxylation is 2. The summed E-state index contributed by atoms with van der Waals surface area (Å²) in [5, 5.41) is 12.9. The number of rotatable bonds is 7. The van der Waals surface area contributed by atoms with Gasteiger partial charge in [-0.1, -0.05) is 18.2 Å². The second kappa shape index (κ2) is 6.38. The fourth-order valence-electron chi connectivity index (χ4n) is 1.73. The first-order chi connectivity index (χ1) is 9.15. The SMILES string of the molecule is C=C(Cl)CNS(=O)(=O)c1c(C)nn(CCC(=O)O)c1C. The Bertz CT molecular complexity index is 636. The first-order valence-electron chi connectivity index (χ1n) is 5.74. The van der Waals surface area contributed by atoms with E-state index in [2.05, 4.69) is 16.4 Å². The van der Waals surface area contributed by atoms with Crippen molar-refractivity contribution < 1.29 is 18.3 Å². The van der Waals surface area contributed by atoms with Crippen LogP contribution in [0.3, 0.4) is 0 Å². The summed E-state index contributed by atoms with van der Waals surface area (Å²) in [4.78, 5) is 10.6. The minimum atomic E-state index is -3.76. The highest BCUT2D eigenvalue weighted by atomic mass is 35.5. The van der Waals surface area contributed by atoms with Gasteiger partial charge >= 0.3 is 5.97 Å². The van der Waals surface area contributed by atoms with Crippen molar-refractivity contribution in [1.82, 2.24) is 14.5 Å². The lowest BCUT2D eigenvalue weighted by atomic mass is 10.4. The van der Waals surface area contributed by atoms with E-state index >= 15 is 0 Å². The molecule has 0 atom stereocenters. The summed E-state index contributed by atoms with van der Waals surface area (Å²) in [7, 11) is -3.76. The average Bonchev–Trinajstić information content (AvgIpc) is 2.59. The van der Waals surface area contributed by atoms with E-state index in [-0.39, 0.29) is 29.4 Å². The number of hydrogen-bond donors (Lipinski definition) is 2. The highest BCUT2D eigenvalue weighted by Crippen LogP contribution is 2.19. The predicted molar refractivity (Wildman–Crippen MR) is 74.1 cm³/mol. The van der Waals surface area contributed by atoms with Crippen molar-refractivity contribution in [2.75, 3.05) is 6.54 Å². The molecule has 0 unspecified atom stereocenters. The van der Waals surface area contributed by atoms with Crippen LogP contribution in [0.25, 0.3) is 0 Å². The predicted octanol–water partition coefficient (Wildman–Crippen LogP) is 1.01. The molecule has 0 amide bonds. The first-order valence-corrected chi connectivity index (χ1v) is 7.60.